The maximum atomic E-state index is 15.1. The van der Waals surface area contributed by atoms with Crippen molar-refractivity contribution < 1.29 is 41.0 Å². The maximum Gasteiger partial charge on any atom is 0.346 e. The number of esters is 1. The summed E-state index contributed by atoms with van der Waals surface area (Å²) in [6, 6.07) is 9.18. The minimum atomic E-state index is -1.40. The normalized spacial score (nSPS) is 16.6. The van der Waals surface area contributed by atoms with Crippen LogP contribution in [0.15, 0.2) is 42.5 Å². The first-order valence-corrected chi connectivity index (χ1v) is 15.0. The van der Waals surface area contributed by atoms with Crippen LogP contribution in [0.5, 0.6) is 17.2 Å². The molecule has 0 unspecified atom stereocenters. The number of ether oxygens (including phenoxy) is 3. The quantitative estimate of drug-likeness (QED) is 0.0843. The van der Waals surface area contributed by atoms with E-state index in [9.17, 15) is 22.4 Å². The standard InChI is InChI=1S/C34H37F5O4/c1-3-5-6-7-19-42-29-17-15-26(31(37)33(29)39)34(40)43-23-12-13-24(27(35)20-23)21-8-10-22(11-9-21)25-14-16-28(41-18-4-2)32(38)30(25)36/h12-17,20-22H,3-11,18-19H2,1-2H3. The van der Waals surface area contributed by atoms with Crippen molar-refractivity contribution in [1.82, 2.24) is 0 Å². The summed E-state index contributed by atoms with van der Waals surface area (Å²) in [5, 5.41) is 0. The average Bonchev–Trinajstić information content (AvgIpc) is 3.00. The smallest absolute Gasteiger partial charge is 0.346 e. The highest BCUT2D eigenvalue weighted by atomic mass is 19.2. The highest BCUT2D eigenvalue weighted by Gasteiger charge is 2.29. The number of carbonyl (C=O) groups excluding carboxylic acids is 1. The lowest BCUT2D eigenvalue weighted by molar-refractivity contribution is 0.0728. The maximum absolute atomic E-state index is 15.1. The zero-order valence-corrected chi connectivity index (χ0v) is 24.5. The molecular formula is C34H37F5O4. The highest BCUT2D eigenvalue weighted by molar-refractivity contribution is 5.91. The monoisotopic (exact) mass is 604 g/mol. The van der Waals surface area contributed by atoms with Gasteiger partial charge in [0.2, 0.25) is 11.6 Å². The second-order valence-electron chi connectivity index (χ2n) is 10.9. The molecule has 1 aliphatic rings. The molecule has 0 bridgehead atoms. The molecule has 0 aliphatic heterocycles. The summed E-state index contributed by atoms with van der Waals surface area (Å²) in [6.45, 7) is 4.45. The van der Waals surface area contributed by atoms with Crippen LogP contribution in [0.4, 0.5) is 22.0 Å². The van der Waals surface area contributed by atoms with Crippen LogP contribution in [-0.2, 0) is 0 Å². The molecule has 1 fully saturated rings. The second-order valence-corrected chi connectivity index (χ2v) is 10.9. The first kappa shape index (κ1) is 32.3. The average molecular weight is 605 g/mol. The molecule has 0 amide bonds. The predicted molar refractivity (Wildman–Crippen MR) is 153 cm³/mol. The van der Waals surface area contributed by atoms with E-state index in [1.54, 1.807) is 6.07 Å². The third-order valence-corrected chi connectivity index (χ3v) is 7.85. The van der Waals surface area contributed by atoms with Gasteiger partial charge in [0.15, 0.2) is 23.1 Å². The van der Waals surface area contributed by atoms with E-state index in [-0.39, 0.29) is 41.3 Å². The Morgan fingerprint density at radius 1 is 0.674 bits per heavy atom. The summed E-state index contributed by atoms with van der Waals surface area (Å²) in [5.41, 5.74) is 0.0657. The van der Waals surface area contributed by atoms with Gasteiger partial charge in [-0.25, -0.2) is 18.0 Å². The molecule has 0 N–H and O–H groups in total. The molecule has 43 heavy (non-hydrogen) atoms. The van der Waals surface area contributed by atoms with E-state index in [1.807, 2.05) is 6.92 Å². The van der Waals surface area contributed by atoms with Crippen LogP contribution in [0.2, 0.25) is 0 Å². The van der Waals surface area contributed by atoms with Crippen molar-refractivity contribution in [3.8, 4) is 17.2 Å². The van der Waals surface area contributed by atoms with E-state index in [1.165, 1.54) is 24.3 Å². The van der Waals surface area contributed by atoms with Gasteiger partial charge in [-0.05, 0) is 85.8 Å². The molecular weight excluding hydrogens is 567 g/mol. The fraction of sp³-hybridized carbons (Fsp3) is 0.441. The first-order chi connectivity index (χ1) is 20.7. The van der Waals surface area contributed by atoms with E-state index in [2.05, 4.69) is 6.92 Å². The van der Waals surface area contributed by atoms with Gasteiger partial charge in [-0.3, -0.25) is 0 Å². The SMILES string of the molecule is CCCCCCOc1ccc(C(=O)Oc2ccc(C3CCC(c4ccc(OCCC)c(F)c4F)CC3)c(F)c2)c(F)c1F. The number of rotatable bonds is 13. The number of halogens is 5. The van der Waals surface area contributed by atoms with E-state index >= 15 is 4.39 Å². The van der Waals surface area contributed by atoms with E-state index in [4.69, 9.17) is 14.2 Å². The molecule has 0 heterocycles. The van der Waals surface area contributed by atoms with E-state index in [0.29, 0.717) is 50.7 Å². The Morgan fingerprint density at radius 2 is 1.28 bits per heavy atom. The summed E-state index contributed by atoms with van der Waals surface area (Å²) in [5.74, 6) is -7.28. The second kappa shape index (κ2) is 15.2. The first-order valence-electron chi connectivity index (χ1n) is 15.0. The molecule has 232 valence electrons. The van der Waals surface area contributed by atoms with Crippen molar-refractivity contribution in [2.24, 2.45) is 0 Å². The molecule has 0 radical (unpaired) electrons. The predicted octanol–water partition coefficient (Wildman–Crippen LogP) is 9.79. The Balaban J connectivity index is 1.35. The minimum absolute atomic E-state index is 0.105. The molecule has 4 rings (SSSR count). The molecule has 4 nitrogen and oxygen atoms in total. The van der Waals surface area contributed by atoms with Crippen molar-refractivity contribution in [3.63, 3.8) is 0 Å². The van der Waals surface area contributed by atoms with Crippen molar-refractivity contribution >= 4 is 5.97 Å². The molecule has 0 saturated heterocycles. The van der Waals surface area contributed by atoms with Gasteiger partial charge >= 0.3 is 5.97 Å². The summed E-state index contributed by atoms with van der Waals surface area (Å²) in [7, 11) is 0. The van der Waals surface area contributed by atoms with Gasteiger partial charge in [0.1, 0.15) is 11.6 Å². The van der Waals surface area contributed by atoms with Gasteiger partial charge in [0, 0.05) is 6.07 Å². The number of unbranched alkanes of at least 4 members (excludes halogenated alkanes) is 3. The van der Waals surface area contributed by atoms with E-state index in [0.717, 1.165) is 31.4 Å². The zero-order chi connectivity index (χ0) is 30.9. The number of hydrogen-bond acceptors (Lipinski definition) is 4. The largest absolute Gasteiger partial charge is 0.490 e. The lowest BCUT2D eigenvalue weighted by atomic mass is 9.76. The molecule has 1 aliphatic carbocycles. The molecule has 9 heteroatoms. The van der Waals surface area contributed by atoms with Gasteiger partial charge < -0.3 is 14.2 Å². The van der Waals surface area contributed by atoms with Gasteiger partial charge in [-0.15, -0.1) is 0 Å². The van der Waals surface area contributed by atoms with Crippen LogP contribution in [0, 0.1) is 29.1 Å². The molecule has 3 aromatic rings. The lowest BCUT2D eigenvalue weighted by Gasteiger charge is -2.29. The topological polar surface area (TPSA) is 44.8 Å². The van der Waals surface area contributed by atoms with Crippen LogP contribution in [0.25, 0.3) is 0 Å². The van der Waals surface area contributed by atoms with Crippen molar-refractivity contribution in [2.75, 3.05) is 13.2 Å². The Morgan fingerprint density at radius 3 is 1.93 bits per heavy atom. The fourth-order valence-electron chi connectivity index (χ4n) is 5.48. The molecule has 0 spiro atoms. The highest BCUT2D eigenvalue weighted by Crippen LogP contribution is 2.43. The summed E-state index contributed by atoms with van der Waals surface area (Å²) in [6.07, 6.45) is 6.50. The van der Waals surface area contributed by atoms with Crippen LogP contribution in [-0.4, -0.2) is 19.2 Å². The Hall–Kier alpha value is -3.62. The number of benzene rings is 3. The van der Waals surface area contributed by atoms with Crippen molar-refractivity contribution in [2.45, 2.75) is 83.5 Å². The Kier molecular flexibility index (Phi) is 11.4. The zero-order valence-electron chi connectivity index (χ0n) is 24.5. The lowest BCUT2D eigenvalue weighted by Crippen LogP contribution is -2.15. The molecule has 3 aromatic carbocycles. The molecule has 0 atom stereocenters. The van der Waals surface area contributed by atoms with Gasteiger partial charge in [0.25, 0.3) is 0 Å². The summed E-state index contributed by atoms with van der Waals surface area (Å²) >= 11 is 0. The Bertz CT molecular complexity index is 1400. The van der Waals surface area contributed by atoms with Gasteiger partial charge in [-0.1, -0.05) is 45.2 Å². The van der Waals surface area contributed by atoms with Crippen LogP contribution >= 0.6 is 0 Å². The summed E-state index contributed by atoms with van der Waals surface area (Å²) < 4.78 is 89.2. The molecule has 0 aromatic heterocycles. The Labute approximate surface area is 249 Å². The fourth-order valence-corrected chi connectivity index (χ4v) is 5.48. The number of carbonyl (C=O) groups is 1. The van der Waals surface area contributed by atoms with Crippen molar-refractivity contribution in [3.05, 3.63) is 88.2 Å². The third kappa shape index (κ3) is 7.86. The van der Waals surface area contributed by atoms with Gasteiger partial charge in [-0.2, -0.15) is 8.78 Å². The third-order valence-electron chi connectivity index (χ3n) is 7.85. The minimum Gasteiger partial charge on any atom is -0.490 e. The van der Waals surface area contributed by atoms with Gasteiger partial charge in [0.05, 0.1) is 18.8 Å². The summed E-state index contributed by atoms with van der Waals surface area (Å²) in [4.78, 5) is 12.6. The van der Waals surface area contributed by atoms with Crippen LogP contribution < -0.4 is 14.2 Å². The number of hydrogen-bond donors (Lipinski definition) is 0. The van der Waals surface area contributed by atoms with E-state index < -0.39 is 40.6 Å². The van der Waals surface area contributed by atoms with Crippen molar-refractivity contribution in [1.29, 1.82) is 0 Å². The van der Waals surface area contributed by atoms with Crippen LogP contribution in [0.3, 0.4) is 0 Å². The van der Waals surface area contributed by atoms with Crippen LogP contribution in [0.1, 0.15) is 105 Å². The molecule has 1 saturated carbocycles.